The molecule has 138 valence electrons. The molecule has 2 amide bonds. The number of benzene rings is 1. The summed E-state index contributed by atoms with van der Waals surface area (Å²) >= 11 is 5.26. The largest absolute Gasteiger partial charge is 0.493 e. The van der Waals surface area contributed by atoms with E-state index in [4.69, 9.17) is 21.7 Å². The lowest BCUT2D eigenvalue weighted by Gasteiger charge is -2.37. The quantitative estimate of drug-likeness (QED) is 0.499. The van der Waals surface area contributed by atoms with Gasteiger partial charge in [-0.2, -0.15) is 0 Å². The van der Waals surface area contributed by atoms with E-state index in [2.05, 4.69) is 5.32 Å². The van der Waals surface area contributed by atoms with Crippen LogP contribution in [0.15, 0.2) is 23.8 Å². The number of rotatable bonds is 4. The summed E-state index contributed by atoms with van der Waals surface area (Å²) in [6.07, 6.45) is 6.69. The molecular weight excluding hydrogens is 352 g/mol. The number of nitrogens with one attached hydrogen (secondary N) is 1. The Morgan fingerprint density at radius 3 is 2.46 bits per heavy atom. The van der Waals surface area contributed by atoms with E-state index in [9.17, 15) is 9.59 Å². The van der Waals surface area contributed by atoms with Crippen LogP contribution in [0.4, 0.5) is 0 Å². The summed E-state index contributed by atoms with van der Waals surface area (Å²) in [4.78, 5) is 26.9. The highest BCUT2D eigenvalue weighted by atomic mass is 32.1. The Hall–Kier alpha value is -2.41. The van der Waals surface area contributed by atoms with Crippen LogP contribution in [0.2, 0.25) is 0 Å². The second-order valence-electron chi connectivity index (χ2n) is 6.40. The fourth-order valence-corrected chi connectivity index (χ4v) is 3.78. The van der Waals surface area contributed by atoms with Crippen LogP contribution in [-0.2, 0) is 9.59 Å². The standard InChI is InChI=1S/C19H22N2O4S/c1-24-15-9-8-12(11-16(15)25-2)10-14-17(22)20-19(26)21(18(14)23)13-6-4-3-5-7-13/h8-11,13H,3-7H2,1-2H3,(H,20,22,26)/b14-10-. The summed E-state index contributed by atoms with van der Waals surface area (Å²) < 4.78 is 10.5. The Labute approximate surface area is 158 Å². The van der Waals surface area contributed by atoms with Crippen LogP contribution in [0.3, 0.4) is 0 Å². The first-order valence-corrected chi connectivity index (χ1v) is 9.08. The third-order valence-electron chi connectivity index (χ3n) is 4.79. The van der Waals surface area contributed by atoms with E-state index in [1.807, 2.05) is 0 Å². The van der Waals surface area contributed by atoms with Gasteiger partial charge in [-0.15, -0.1) is 0 Å². The van der Waals surface area contributed by atoms with Crippen molar-refractivity contribution >= 4 is 35.2 Å². The van der Waals surface area contributed by atoms with Gasteiger partial charge in [0.05, 0.1) is 14.2 Å². The Kier molecular flexibility index (Phi) is 5.56. The van der Waals surface area contributed by atoms with Crippen molar-refractivity contribution in [3.63, 3.8) is 0 Å². The summed E-state index contributed by atoms with van der Waals surface area (Å²) in [6.45, 7) is 0. The average molecular weight is 374 g/mol. The minimum Gasteiger partial charge on any atom is -0.493 e. The van der Waals surface area contributed by atoms with Gasteiger partial charge >= 0.3 is 0 Å². The third-order valence-corrected chi connectivity index (χ3v) is 5.09. The van der Waals surface area contributed by atoms with Gasteiger partial charge in [-0.3, -0.25) is 19.8 Å². The maximum absolute atomic E-state index is 13.0. The van der Waals surface area contributed by atoms with Gasteiger partial charge in [0.25, 0.3) is 11.8 Å². The van der Waals surface area contributed by atoms with E-state index in [1.54, 1.807) is 36.3 Å². The molecule has 1 aromatic carbocycles. The average Bonchev–Trinajstić information content (AvgIpc) is 2.65. The molecule has 0 atom stereocenters. The zero-order chi connectivity index (χ0) is 18.7. The summed E-state index contributed by atoms with van der Waals surface area (Å²) in [7, 11) is 3.09. The molecule has 1 aliphatic carbocycles. The number of carbonyl (C=O) groups excluding carboxylic acids is 2. The summed E-state index contributed by atoms with van der Waals surface area (Å²) in [6, 6.07) is 5.29. The van der Waals surface area contributed by atoms with Crippen molar-refractivity contribution in [1.82, 2.24) is 10.2 Å². The molecule has 2 fully saturated rings. The number of amides is 2. The summed E-state index contributed by atoms with van der Waals surface area (Å²) in [5.41, 5.74) is 0.758. The Balaban J connectivity index is 1.92. The third kappa shape index (κ3) is 3.58. The molecule has 7 heteroatoms. The summed E-state index contributed by atoms with van der Waals surface area (Å²) in [5, 5.41) is 2.86. The minimum absolute atomic E-state index is 0.0538. The predicted octanol–water partition coefficient (Wildman–Crippen LogP) is 2.66. The van der Waals surface area contributed by atoms with Crippen LogP contribution < -0.4 is 14.8 Å². The van der Waals surface area contributed by atoms with Gasteiger partial charge in [0.1, 0.15) is 5.57 Å². The molecule has 1 aliphatic heterocycles. The van der Waals surface area contributed by atoms with E-state index in [1.165, 1.54) is 13.5 Å². The first kappa shape index (κ1) is 18.4. The topological polar surface area (TPSA) is 67.9 Å². The molecule has 6 nitrogen and oxygen atoms in total. The zero-order valence-electron chi connectivity index (χ0n) is 14.9. The molecule has 3 rings (SSSR count). The minimum atomic E-state index is -0.471. The molecule has 0 spiro atoms. The van der Waals surface area contributed by atoms with Crippen molar-refractivity contribution in [2.45, 2.75) is 38.1 Å². The smallest absolute Gasteiger partial charge is 0.265 e. The van der Waals surface area contributed by atoms with E-state index < -0.39 is 5.91 Å². The van der Waals surface area contributed by atoms with E-state index in [0.29, 0.717) is 17.1 Å². The highest BCUT2D eigenvalue weighted by Crippen LogP contribution is 2.30. The fourth-order valence-electron chi connectivity index (χ4n) is 3.45. The number of carbonyl (C=O) groups is 2. The maximum Gasteiger partial charge on any atom is 0.265 e. The van der Waals surface area contributed by atoms with Crippen LogP contribution in [0, 0.1) is 0 Å². The number of nitrogens with zero attached hydrogens (tertiary/aromatic N) is 1. The van der Waals surface area contributed by atoms with Crippen molar-refractivity contribution in [3.05, 3.63) is 29.3 Å². The van der Waals surface area contributed by atoms with E-state index >= 15 is 0 Å². The molecule has 2 aliphatic rings. The van der Waals surface area contributed by atoms with Crippen LogP contribution in [0.1, 0.15) is 37.7 Å². The molecule has 0 radical (unpaired) electrons. The molecule has 1 saturated heterocycles. The number of methoxy groups -OCH3 is 2. The van der Waals surface area contributed by atoms with Crippen LogP contribution in [0.5, 0.6) is 11.5 Å². The normalized spacial score (nSPS) is 20.3. The monoisotopic (exact) mass is 374 g/mol. The van der Waals surface area contributed by atoms with Crippen LogP contribution >= 0.6 is 12.2 Å². The Bertz CT molecular complexity index is 769. The molecule has 1 heterocycles. The van der Waals surface area contributed by atoms with E-state index in [0.717, 1.165) is 25.7 Å². The van der Waals surface area contributed by atoms with Gasteiger partial charge in [-0.1, -0.05) is 25.3 Å². The van der Waals surface area contributed by atoms with Crippen molar-refractivity contribution in [2.75, 3.05) is 14.2 Å². The lowest BCUT2D eigenvalue weighted by molar-refractivity contribution is -0.130. The molecule has 0 bridgehead atoms. The van der Waals surface area contributed by atoms with Gasteiger partial charge in [0.2, 0.25) is 0 Å². The lowest BCUT2D eigenvalue weighted by atomic mass is 9.93. The SMILES string of the molecule is COc1ccc(/C=C2/C(=O)NC(=S)N(C3CCCCC3)C2=O)cc1OC. The lowest BCUT2D eigenvalue weighted by Crippen LogP contribution is -2.57. The van der Waals surface area contributed by atoms with Gasteiger partial charge in [0, 0.05) is 6.04 Å². The fraction of sp³-hybridized carbons (Fsp3) is 0.421. The molecule has 0 aromatic heterocycles. The second kappa shape index (κ2) is 7.86. The second-order valence-corrected chi connectivity index (χ2v) is 6.79. The van der Waals surface area contributed by atoms with Crippen molar-refractivity contribution in [2.24, 2.45) is 0 Å². The van der Waals surface area contributed by atoms with Crippen LogP contribution in [-0.4, -0.2) is 42.1 Å². The van der Waals surface area contributed by atoms with Crippen molar-refractivity contribution < 1.29 is 19.1 Å². The van der Waals surface area contributed by atoms with Gasteiger partial charge in [-0.25, -0.2) is 0 Å². The molecule has 1 aromatic rings. The molecule has 1 N–H and O–H groups in total. The molecular formula is C19H22N2O4S. The van der Waals surface area contributed by atoms with Crippen molar-refractivity contribution in [1.29, 1.82) is 0 Å². The molecule has 1 saturated carbocycles. The number of thiocarbonyl (C=S) groups is 1. The number of ether oxygens (including phenoxy) is 2. The van der Waals surface area contributed by atoms with Gasteiger partial charge < -0.3 is 9.47 Å². The van der Waals surface area contributed by atoms with Gasteiger partial charge in [-0.05, 0) is 48.8 Å². The zero-order valence-corrected chi connectivity index (χ0v) is 15.7. The van der Waals surface area contributed by atoms with Crippen LogP contribution in [0.25, 0.3) is 6.08 Å². The highest BCUT2D eigenvalue weighted by Gasteiger charge is 2.37. The Morgan fingerprint density at radius 1 is 1.12 bits per heavy atom. The highest BCUT2D eigenvalue weighted by molar-refractivity contribution is 7.80. The first-order chi connectivity index (χ1) is 12.5. The maximum atomic E-state index is 13.0. The van der Waals surface area contributed by atoms with Gasteiger partial charge in [0.15, 0.2) is 16.6 Å². The predicted molar refractivity (Wildman–Crippen MR) is 102 cm³/mol. The Morgan fingerprint density at radius 2 is 1.81 bits per heavy atom. The van der Waals surface area contributed by atoms with Crippen molar-refractivity contribution in [3.8, 4) is 11.5 Å². The number of hydrogen-bond acceptors (Lipinski definition) is 5. The first-order valence-electron chi connectivity index (χ1n) is 8.67. The van der Waals surface area contributed by atoms with E-state index in [-0.39, 0.29) is 22.6 Å². The summed E-state index contributed by atoms with van der Waals surface area (Å²) in [5.74, 6) is 0.312. The number of hydrogen-bond donors (Lipinski definition) is 1. The molecule has 26 heavy (non-hydrogen) atoms. The molecule has 0 unspecified atom stereocenters.